The maximum atomic E-state index is 12.5. The molecule has 6 rings (SSSR count). The first-order valence-electron chi connectivity index (χ1n) is 11.5. The van der Waals surface area contributed by atoms with Gasteiger partial charge in [0.25, 0.3) is 11.5 Å². The number of benzene rings is 2. The van der Waals surface area contributed by atoms with Crippen LogP contribution >= 0.6 is 11.8 Å². The Labute approximate surface area is 201 Å². The quantitative estimate of drug-likeness (QED) is 0.362. The molecule has 0 bridgehead atoms. The van der Waals surface area contributed by atoms with Crippen molar-refractivity contribution in [1.29, 1.82) is 0 Å². The Bertz CT molecular complexity index is 1410. The Balaban J connectivity index is 0.000000429. The number of amides is 1. The highest BCUT2D eigenvalue weighted by atomic mass is 32.2. The van der Waals surface area contributed by atoms with Crippen molar-refractivity contribution >= 4 is 28.6 Å². The van der Waals surface area contributed by atoms with Gasteiger partial charge in [0.15, 0.2) is 0 Å². The molecule has 34 heavy (non-hydrogen) atoms. The molecule has 1 aliphatic heterocycles. The minimum Gasteiger partial charge on any atom is -0.365 e. The van der Waals surface area contributed by atoms with Crippen molar-refractivity contribution in [3.05, 3.63) is 87.7 Å². The van der Waals surface area contributed by atoms with E-state index in [2.05, 4.69) is 32.5 Å². The lowest BCUT2D eigenvalue weighted by Crippen LogP contribution is -2.23. The number of hydrogen-bond donors (Lipinski definition) is 3. The first kappa shape index (κ1) is 22.2. The first-order chi connectivity index (χ1) is 16.6. The van der Waals surface area contributed by atoms with E-state index >= 15 is 0 Å². The molecule has 4 aromatic rings. The van der Waals surface area contributed by atoms with Crippen LogP contribution in [0.15, 0.2) is 71.0 Å². The fraction of sp³-hybridized carbons (Fsp3) is 0.222. The Morgan fingerprint density at radius 1 is 1.09 bits per heavy atom. The number of hydrogen-bond acceptors (Lipinski definition) is 4. The van der Waals surface area contributed by atoms with Gasteiger partial charge < -0.3 is 15.7 Å². The number of allylic oxidation sites excluding steroid dienone is 1. The third-order valence-electron chi connectivity index (χ3n) is 6.35. The predicted octanol–water partition coefficient (Wildman–Crippen LogP) is 5.59. The van der Waals surface area contributed by atoms with Crippen LogP contribution in [0.5, 0.6) is 0 Å². The van der Waals surface area contributed by atoms with E-state index in [4.69, 9.17) is 5.73 Å². The molecule has 172 valence electrons. The molecule has 2 aliphatic rings. The SMILES string of the molecule is C1=CSCC1.NC(=O)c1cc2ccc(C3CCC3)c(-c3cnc(-c4ccccc4)[nH]3)c2[nH]c1=O. The third-order valence-corrected chi connectivity index (χ3v) is 7.21. The average Bonchev–Trinajstić information content (AvgIpc) is 3.53. The first-order valence-corrected chi connectivity index (χ1v) is 12.5. The van der Waals surface area contributed by atoms with Gasteiger partial charge in [0.05, 0.1) is 17.4 Å². The molecule has 6 nitrogen and oxygen atoms in total. The molecule has 1 amide bonds. The molecule has 2 aromatic carbocycles. The van der Waals surface area contributed by atoms with E-state index < -0.39 is 11.5 Å². The van der Waals surface area contributed by atoms with E-state index in [1.54, 1.807) is 12.3 Å². The molecular weight excluding hydrogens is 444 g/mol. The molecule has 1 aliphatic carbocycles. The fourth-order valence-electron chi connectivity index (χ4n) is 4.36. The van der Waals surface area contributed by atoms with E-state index in [0.29, 0.717) is 11.4 Å². The third kappa shape index (κ3) is 4.43. The topological polar surface area (TPSA) is 105 Å². The number of primary amides is 1. The summed E-state index contributed by atoms with van der Waals surface area (Å²) in [4.78, 5) is 34.9. The lowest BCUT2D eigenvalue weighted by molar-refractivity contribution is 0.0999. The minimum atomic E-state index is -0.731. The van der Waals surface area contributed by atoms with Crippen LogP contribution in [-0.2, 0) is 0 Å². The van der Waals surface area contributed by atoms with E-state index in [0.717, 1.165) is 40.9 Å². The van der Waals surface area contributed by atoms with Gasteiger partial charge in [-0.2, -0.15) is 0 Å². The number of carbonyl (C=O) groups is 1. The maximum Gasteiger partial charge on any atom is 0.261 e. The molecule has 0 atom stereocenters. The second-order valence-electron chi connectivity index (χ2n) is 8.54. The Morgan fingerprint density at radius 3 is 2.53 bits per heavy atom. The number of aromatic amines is 2. The zero-order valence-corrected chi connectivity index (χ0v) is 19.5. The summed E-state index contributed by atoms with van der Waals surface area (Å²) in [5.74, 6) is 1.80. The largest absolute Gasteiger partial charge is 0.365 e. The Kier molecular flexibility index (Phi) is 6.36. The van der Waals surface area contributed by atoms with Gasteiger partial charge in [-0.3, -0.25) is 9.59 Å². The van der Waals surface area contributed by atoms with Crippen molar-refractivity contribution in [1.82, 2.24) is 15.0 Å². The monoisotopic (exact) mass is 470 g/mol. The van der Waals surface area contributed by atoms with Crippen molar-refractivity contribution in [2.24, 2.45) is 5.73 Å². The number of aromatic nitrogens is 3. The normalized spacial score (nSPS) is 15.1. The molecule has 1 saturated carbocycles. The van der Waals surface area contributed by atoms with Gasteiger partial charge in [-0.1, -0.05) is 55.0 Å². The number of rotatable bonds is 4. The molecule has 0 spiro atoms. The van der Waals surface area contributed by atoms with Crippen LogP contribution in [0.4, 0.5) is 0 Å². The number of nitrogens with two attached hydrogens (primary N) is 1. The van der Waals surface area contributed by atoms with Crippen molar-refractivity contribution in [3.8, 4) is 22.6 Å². The molecule has 3 heterocycles. The number of carbonyl (C=O) groups excluding carboxylic acids is 1. The highest BCUT2D eigenvalue weighted by molar-refractivity contribution is 8.02. The summed E-state index contributed by atoms with van der Waals surface area (Å²) >= 11 is 1.89. The zero-order chi connectivity index (χ0) is 23.5. The summed E-state index contributed by atoms with van der Waals surface area (Å²) in [6.45, 7) is 0. The fourth-order valence-corrected chi connectivity index (χ4v) is 5.04. The van der Waals surface area contributed by atoms with E-state index in [9.17, 15) is 9.59 Å². The predicted molar refractivity (Wildman–Crippen MR) is 139 cm³/mol. The van der Waals surface area contributed by atoms with Gasteiger partial charge in [0, 0.05) is 16.9 Å². The summed E-state index contributed by atoms with van der Waals surface area (Å²) in [6.07, 6.45) is 8.75. The maximum absolute atomic E-state index is 12.5. The average molecular weight is 471 g/mol. The number of imidazole rings is 1. The molecule has 0 radical (unpaired) electrons. The van der Waals surface area contributed by atoms with Crippen LogP contribution in [-0.4, -0.2) is 26.6 Å². The van der Waals surface area contributed by atoms with Crippen molar-refractivity contribution in [3.63, 3.8) is 0 Å². The van der Waals surface area contributed by atoms with Gasteiger partial charge in [0.2, 0.25) is 0 Å². The number of pyridine rings is 1. The lowest BCUT2D eigenvalue weighted by atomic mass is 9.77. The summed E-state index contributed by atoms with van der Waals surface area (Å²) < 4.78 is 0. The van der Waals surface area contributed by atoms with E-state index in [1.807, 2.05) is 48.2 Å². The second-order valence-corrected chi connectivity index (χ2v) is 9.55. The van der Waals surface area contributed by atoms with Crippen LogP contribution in [0.25, 0.3) is 33.5 Å². The number of fused-ring (bicyclic) bond motifs is 1. The Hall–Kier alpha value is -3.58. The van der Waals surface area contributed by atoms with Crippen LogP contribution in [0.1, 0.15) is 47.5 Å². The number of nitrogens with one attached hydrogen (secondary N) is 2. The summed E-state index contributed by atoms with van der Waals surface area (Å²) in [7, 11) is 0. The highest BCUT2D eigenvalue weighted by Gasteiger charge is 2.25. The standard InChI is InChI=1S/C23H20N4O2.C4H6S/c24-21(28)17-11-15-9-10-16(13-7-4-8-13)19(20(15)27-23(17)29)18-12-25-22(26-18)14-5-2-1-3-6-14;1-2-4-5-3-1/h1-3,5-6,9-13H,4,7-8H2,(H2,24,28)(H,25,26)(H,27,29);1,3H,2,4H2. The zero-order valence-electron chi connectivity index (χ0n) is 18.7. The van der Waals surface area contributed by atoms with Gasteiger partial charge in [-0.25, -0.2) is 4.98 Å². The van der Waals surface area contributed by atoms with E-state index in [1.165, 1.54) is 24.2 Å². The lowest BCUT2D eigenvalue weighted by Gasteiger charge is -2.28. The number of nitrogens with zero attached hydrogens (tertiary/aromatic N) is 1. The van der Waals surface area contributed by atoms with Crippen LogP contribution < -0.4 is 11.3 Å². The molecule has 7 heteroatoms. The van der Waals surface area contributed by atoms with Crippen LogP contribution in [0.3, 0.4) is 0 Å². The van der Waals surface area contributed by atoms with Gasteiger partial charge >= 0.3 is 0 Å². The summed E-state index contributed by atoms with van der Waals surface area (Å²) in [5, 5.41) is 2.92. The molecule has 1 fully saturated rings. The molecule has 4 N–H and O–H groups in total. The van der Waals surface area contributed by atoms with Crippen molar-refractivity contribution < 1.29 is 4.79 Å². The molecule has 0 unspecified atom stereocenters. The smallest absolute Gasteiger partial charge is 0.261 e. The minimum absolute atomic E-state index is 0.0329. The summed E-state index contributed by atoms with van der Waals surface area (Å²) in [6, 6.07) is 15.5. The van der Waals surface area contributed by atoms with Crippen LogP contribution in [0.2, 0.25) is 0 Å². The van der Waals surface area contributed by atoms with Gasteiger partial charge in [-0.05, 0) is 47.6 Å². The van der Waals surface area contributed by atoms with Crippen molar-refractivity contribution in [2.45, 2.75) is 31.6 Å². The van der Waals surface area contributed by atoms with Crippen molar-refractivity contribution in [2.75, 3.05) is 5.75 Å². The Morgan fingerprint density at radius 2 is 1.91 bits per heavy atom. The number of H-pyrrole nitrogens is 2. The molecule has 0 saturated heterocycles. The highest BCUT2D eigenvalue weighted by Crippen LogP contribution is 2.43. The van der Waals surface area contributed by atoms with E-state index in [-0.39, 0.29) is 5.56 Å². The molecule has 2 aromatic heterocycles. The van der Waals surface area contributed by atoms with Crippen LogP contribution in [0, 0.1) is 0 Å². The van der Waals surface area contributed by atoms with Gasteiger partial charge in [0.1, 0.15) is 11.4 Å². The second kappa shape index (κ2) is 9.73. The van der Waals surface area contributed by atoms with Gasteiger partial charge in [-0.15, -0.1) is 11.8 Å². The number of thioether (sulfide) groups is 1. The molecular formula is C27H26N4O2S. The summed E-state index contributed by atoms with van der Waals surface area (Å²) in [5.41, 5.74) is 9.52.